The number of carboxylic acids is 2. The van der Waals surface area contributed by atoms with Gasteiger partial charge in [-0.2, -0.15) is 0 Å². The molecule has 2 amide bonds. The molecule has 276 valence electrons. The Hall–Kier alpha value is -4.84. The Morgan fingerprint density at radius 3 is 2.06 bits per heavy atom. The molecule has 0 atom stereocenters. The average molecular weight is 735 g/mol. The average Bonchev–Trinajstić information content (AvgIpc) is 3.94. The summed E-state index contributed by atoms with van der Waals surface area (Å²) in [5, 5.41) is 25.1. The molecule has 1 aromatic heterocycles. The summed E-state index contributed by atoms with van der Waals surface area (Å²) < 4.78 is 0. The number of rotatable bonds is 14. The molecule has 2 fully saturated rings. The largest absolute Gasteiger partial charge is 0.480 e. The van der Waals surface area contributed by atoms with E-state index in [-0.39, 0.29) is 23.9 Å². The van der Waals surface area contributed by atoms with E-state index in [0.717, 1.165) is 98.1 Å². The fraction of sp³-hybridized carbons (Fsp3) is 0.381. The molecular weight excluding hydrogens is 689 g/mol. The molecule has 3 aliphatic rings. The number of thiophene rings is 1. The Morgan fingerprint density at radius 2 is 1.40 bits per heavy atom. The Labute approximate surface area is 313 Å². The number of nitrogens with zero attached hydrogens (tertiary/aromatic N) is 2. The van der Waals surface area contributed by atoms with Gasteiger partial charge in [-0.3, -0.25) is 24.2 Å². The first-order valence-corrected chi connectivity index (χ1v) is 19.5. The van der Waals surface area contributed by atoms with Crippen LogP contribution in [0.1, 0.15) is 96.7 Å². The van der Waals surface area contributed by atoms with E-state index in [9.17, 15) is 24.3 Å². The lowest BCUT2D eigenvalue weighted by Gasteiger charge is -2.38. The second kappa shape index (κ2) is 16.4. The molecule has 0 spiro atoms. The monoisotopic (exact) mass is 734 g/mol. The molecule has 0 radical (unpaired) electrons. The van der Waals surface area contributed by atoms with E-state index >= 15 is 0 Å². The lowest BCUT2D eigenvalue weighted by molar-refractivity contribution is -0.138. The molecule has 1 aliphatic heterocycles. The van der Waals surface area contributed by atoms with Crippen LogP contribution < -0.4 is 10.6 Å². The van der Waals surface area contributed by atoms with E-state index in [1.165, 1.54) is 24.2 Å². The van der Waals surface area contributed by atoms with Crippen molar-refractivity contribution in [3.8, 4) is 0 Å². The first-order valence-electron chi connectivity index (χ1n) is 18.7. The topological polar surface area (TPSA) is 139 Å². The summed E-state index contributed by atoms with van der Waals surface area (Å²) >= 11 is 1.51. The number of carbonyl (C=O) groups is 4. The number of carboxylic acid groups (broad SMARTS) is 2. The summed E-state index contributed by atoms with van der Waals surface area (Å²) in [6.07, 6.45) is 9.52. The van der Waals surface area contributed by atoms with Gasteiger partial charge in [0.25, 0.3) is 11.8 Å². The van der Waals surface area contributed by atoms with E-state index in [4.69, 9.17) is 5.11 Å². The fourth-order valence-corrected chi connectivity index (χ4v) is 8.99. The molecule has 1 saturated carbocycles. The quantitative estimate of drug-likeness (QED) is 0.107. The summed E-state index contributed by atoms with van der Waals surface area (Å²) in [6, 6.07) is 23.4. The van der Waals surface area contributed by atoms with Crippen molar-refractivity contribution in [3.05, 3.63) is 117 Å². The van der Waals surface area contributed by atoms with E-state index in [2.05, 4.69) is 21.6 Å². The molecule has 11 heteroatoms. The molecule has 0 unspecified atom stereocenters. The standard InChI is InChI=1S/C42H46N4O6S/c47-37(48)26-45-22-20-34(21-23-45)46(33-18-19-33)25-29-4-3-5-31(24-29)39(49)44-41-38(35-6-1-2-7-36(35)53-41)40(50)43-32-16-12-28(13-17-32)9-8-27-10-14-30(15-11-27)42(51)52/h3-5,10-17,24,33-34H,1-2,6-9,18-23,25-26H2,(H,43,50)(H,44,49)(H,47,48)(H,51,52). The molecule has 1 saturated heterocycles. The van der Waals surface area contributed by atoms with Crippen LogP contribution in [-0.2, 0) is 37.0 Å². The SMILES string of the molecule is O=C(O)CN1CCC(N(Cc2cccc(C(=O)Nc3sc4c(c3C(=O)Nc3ccc(CCc5ccc(C(=O)O)cc5)cc3)CCCC4)c2)C2CC2)CC1. The first-order chi connectivity index (χ1) is 25.7. The molecule has 53 heavy (non-hydrogen) atoms. The number of aliphatic carboxylic acids is 1. The first kappa shape index (κ1) is 36.5. The number of aryl methyl sites for hydroxylation is 3. The van der Waals surface area contributed by atoms with Crippen LogP contribution >= 0.6 is 11.3 Å². The highest BCUT2D eigenvalue weighted by Gasteiger charge is 2.36. The number of anilines is 2. The minimum absolute atomic E-state index is 0.0913. The minimum atomic E-state index is -0.936. The van der Waals surface area contributed by atoms with Crippen LogP contribution in [-0.4, -0.2) is 75.5 Å². The predicted octanol–water partition coefficient (Wildman–Crippen LogP) is 7.13. The zero-order chi connectivity index (χ0) is 36.9. The number of benzene rings is 3. The number of carbonyl (C=O) groups excluding carboxylic acids is 2. The summed E-state index contributed by atoms with van der Waals surface area (Å²) in [6.45, 7) is 2.40. The smallest absolute Gasteiger partial charge is 0.335 e. The van der Waals surface area contributed by atoms with Crippen LogP contribution in [0.25, 0.3) is 0 Å². The summed E-state index contributed by atoms with van der Waals surface area (Å²) in [7, 11) is 0. The van der Waals surface area contributed by atoms with Gasteiger partial charge in [-0.15, -0.1) is 11.3 Å². The number of hydrogen-bond donors (Lipinski definition) is 4. The third-order valence-corrected chi connectivity index (χ3v) is 11.9. The second-order valence-electron chi connectivity index (χ2n) is 14.5. The third kappa shape index (κ3) is 9.22. The molecule has 10 nitrogen and oxygen atoms in total. The maximum Gasteiger partial charge on any atom is 0.335 e. The Kier molecular flexibility index (Phi) is 11.3. The summed E-state index contributed by atoms with van der Waals surface area (Å²) in [4.78, 5) is 55.7. The van der Waals surface area contributed by atoms with Crippen molar-refractivity contribution in [1.82, 2.24) is 9.80 Å². The molecule has 2 heterocycles. The van der Waals surface area contributed by atoms with Gasteiger partial charge in [0.1, 0.15) is 5.00 Å². The molecular formula is C42H46N4O6S. The minimum Gasteiger partial charge on any atom is -0.480 e. The van der Waals surface area contributed by atoms with Gasteiger partial charge in [-0.05, 0) is 123 Å². The molecule has 2 aliphatic carbocycles. The third-order valence-electron chi connectivity index (χ3n) is 10.7. The highest BCUT2D eigenvalue weighted by Crippen LogP contribution is 2.39. The Morgan fingerprint density at radius 1 is 0.736 bits per heavy atom. The highest BCUT2D eigenvalue weighted by molar-refractivity contribution is 7.17. The van der Waals surface area contributed by atoms with Crippen LogP contribution in [0, 0.1) is 0 Å². The van der Waals surface area contributed by atoms with Crippen molar-refractivity contribution in [2.45, 2.75) is 82.8 Å². The van der Waals surface area contributed by atoms with Crippen LogP contribution in [0.3, 0.4) is 0 Å². The van der Waals surface area contributed by atoms with Crippen molar-refractivity contribution < 1.29 is 29.4 Å². The Balaban J connectivity index is 1.00. The van der Waals surface area contributed by atoms with Crippen molar-refractivity contribution in [2.24, 2.45) is 0 Å². The number of hydrogen-bond acceptors (Lipinski definition) is 7. The van der Waals surface area contributed by atoms with Crippen molar-refractivity contribution in [1.29, 1.82) is 0 Å². The summed E-state index contributed by atoms with van der Waals surface area (Å²) in [5.74, 6) is -2.18. The normalized spacial score (nSPS) is 16.2. The van der Waals surface area contributed by atoms with Gasteiger partial charge in [0, 0.05) is 47.8 Å². The molecule has 0 bridgehead atoms. The molecule has 4 aromatic rings. The van der Waals surface area contributed by atoms with E-state index in [0.29, 0.717) is 33.9 Å². The van der Waals surface area contributed by atoms with E-state index in [1.807, 2.05) is 59.5 Å². The van der Waals surface area contributed by atoms with Gasteiger partial charge in [0.05, 0.1) is 17.7 Å². The van der Waals surface area contributed by atoms with Gasteiger partial charge < -0.3 is 20.8 Å². The van der Waals surface area contributed by atoms with Gasteiger partial charge in [0.2, 0.25) is 0 Å². The van der Waals surface area contributed by atoms with Crippen LogP contribution in [0.2, 0.25) is 0 Å². The van der Waals surface area contributed by atoms with Crippen molar-refractivity contribution in [2.75, 3.05) is 30.3 Å². The van der Waals surface area contributed by atoms with Crippen molar-refractivity contribution in [3.63, 3.8) is 0 Å². The van der Waals surface area contributed by atoms with Crippen LogP contribution in [0.4, 0.5) is 10.7 Å². The molecule has 4 N–H and O–H groups in total. The maximum atomic E-state index is 13.9. The predicted molar refractivity (Wildman–Crippen MR) is 206 cm³/mol. The maximum absolute atomic E-state index is 13.9. The second-order valence-corrected chi connectivity index (χ2v) is 15.6. The van der Waals surface area contributed by atoms with Gasteiger partial charge >= 0.3 is 11.9 Å². The van der Waals surface area contributed by atoms with E-state index < -0.39 is 11.9 Å². The number of piperidine rings is 1. The van der Waals surface area contributed by atoms with Gasteiger partial charge in [-0.25, -0.2) is 4.79 Å². The number of amides is 2. The molecule has 7 rings (SSSR count). The van der Waals surface area contributed by atoms with Gasteiger partial charge in [0.15, 0.2) is 0 Å². The van der Waals surface area contributed by atoms with E-state index in [1.54, 1.807) is 12.1 Å². The zero-order valence-corrected chi connectivity index (χ0v) is 30.6. The lowest BCUT2D eigenvalue weighted by atomic mass is 9.95. The van der Waals surface area contributed by atoms with Crippen molar-refractivity contribution >= 4 is 45.8 Å². The number of aromatic carboxylic acids is 1. The number of nitrogens with one attached hydrogen (secondary N) is 2. The van der Waals surface area contributed by atoms with Crippen LogP contribution in [0.15, 0.2) is 72.8 Å². The Bertz CT molecular complexity index is 1960. The lowest BCUT2D eigenvalue weighted by Crippen LogP contribution is -2.46. The molecule has 3 aromatic carbocycles. The van der Waals surface area contributed by atoms with Gasteiger partial charge in [-0.1, -0.05) is 36.4 Å². The zero-order valence-electron chi connectivity index (χ0n) is 29.8. The highest BCUT2D eigenvalue weighted by atomic mass is 32.1. The summed E-state index contributed by atoms with van der Waals surface area (Å²) in [5.41, 5.74) is 6.33. The number of likely N-dealkylation sites (tertiary alicyclic amines) is 1. The number of fused-ring (bicyclic) bond motifs is 1. The fourth-order valence-electron chi connectivity index (χ4n) is 7.71. The van der Waals surface area contributed by atoms with Crippen LogP contribution in [0.5, 0.6) is 0 Å².